The standard InChI is InChI=1S/C14H12BrN3O/c1-10(12-6-2-3-7-13(12)15)17-18-14(19)11-5-4-8-16-9-11/h2-9H,1H3,(H,18,19)/b17-10+. The molecule has 1 amide bonds. The third-order valence-electron chi connectivity index (χ3n) is 2.51. The van der Waals surface area contributed by atoms with Crippen LogP contribution in [0.1, 0.15) is 22.8 Å². The van der Waals surface area contributed by atoms with Gasteiger partial charge in [-0.15, -0.1) is 0 Å². The van der Waals surface area contributed by atoms with Gasteiger partial charge in [-0.05, 0) is 25.1 Å². The molecule has 0 aliphatic carbocycles. The zero-order chi connectivity index (χ0) is 13.7. The highest BCUT2D eigenvalue weighted by Gasteiger charge is 2.05. The van der Waals surface area contributed by atoms with Gasteiger partial charge in [-0.2, -0.15) is 5.10 Å². The molecule has 1 heterocycles. The maximum atomic E-state index is 11.8. The molecule has 0 bridgehead atoms. The molecule has 0 saturated heterocycles. The Bertz CT molecular complexity index is 611. The Hall–Kier alpha value is -2.01. The lowest BCUT2D eigenvalue weighted by Crippen LogP contribution is -2.19. The maximum Gasteiger partial charge on any atom is 0.272 e. The number of hydrazone groups is 1. The number of nitrogens with zero attached hydrogens (tertiary/aromatic N) is 2. The first kappa shape index (κ1) is 13.4. The number of nitrogens with one attached hydrogen (secondary N) is 1. The summed E-state index contributed by atoms with van der Waals surface area (Å²) in [4.78, 5) is 15.7. The van der Waals surface area contributed by atoms with E-state index in [0.717, 1.165) is 15.7 Å². The van der Waals surface area contributed by atoms with Crippen molar-refractivity contribution in [2.75, 3.05) is 0 Å². The van der Waals surface area contributed by atoms with Crippen LogP contribution in [0.25, 0.3) is 0 Å². The average Bonchev–Trinajstić information content (AvgIpc) is 2.46. The third kappa shape index (κ3) is 3.48. The van der Waals surface area contributed by atoms with Crippen molar-refractivity contribution in [1.29, 1.82) is 0 Å². The predicted molar refractivity (Wildman–Crippen MR) is 78.1 cm³/mol. The molecule has 5 heteroatoms. The Kier molecular flexibility index (Phi) is 4.41. The van der Waals surface area contributed by atoms with Crippen LogP contribution in [0.15, 0.2) is 58.4 Å². The quantitative estimate of drug-likeness (QED) is 0.699. The molecule has 0 unspecified atom stereocenters. The number of hydrogen-bond donors (Lipinski definition) is 1. The van der Waals surface area contributed by atoms with Gasteiger partial charge < -0.3 is 0 Å². The van der Waals surface area contributed by atoms with Crippen molar-refractivity contribution in [1.82, 2.24) is 10.4 Å². The van der Waals surface area contributed by atoms with Gasteiger partial charge in [0.1, 0.15) is 0 Å². The molecule has 0 aliphatic heterocycles. The molecule has 19 heavy (non-hydrogen) atoms. The predicted octanol–water partition coefficient (Wildman–Crippen LogP) is 3.00. The van der Waals surface area contributed by atoms with E-state index in [-0.39, 0.29) is 5.91 Å². The molecule has 0 radical (unpaired) electrons. The van der Waals surface area contributed by atoms with Crippen LogP contribution in [0.2, 0.25) is 0 Å². The second-order valence-electron chi connectivity index (χ2n) is 3.86. The van der Waals surface area contributed by atoms with Gasteiger partial charge in [0.05, 0.1) is 11.3 Å². The van der Waals surface area contributed by atoms with Crippen LogP contribution in [-0.2, 0) is 0 Å². The first-order valence-corrected chi connectivity index (χ1v) is 6.47. The van der Waals surface area contributed by atoms with Gasteiger partial charge in [-0.25, -0.2) is 5.43 Å². The molecule has 1 N–H and O–H groups in total. The Morgan fingerprint density at radius 3 is 2.74 bits per heavy atom. The Morgan fingerprint density at radius 1 is 1.26 bits per heavy atom. The van der Waals surface area contributed by atoms with Crippen LogP contribution in [0.4, 0.5) is 0 Å². The number of halogens is 1. The maximum absolute atomic E-state index is 11.8. The van der Waals surface area contributed by atoms with Gasteiger partial charge in [0, 0.05) is 22.4 Å². The molecule has 0 fully saturated rings. The van der Waals surface area contributed by atoms with Crippen molar-refractivity contribution in [3.8, 4) is 0 Å². The lowest BCUT2D eigenvalue weighted by molar-refractivity contribution is 0.0954. The Morgan fingerprint density at radius 2 is 2.05 bits per heavy atom. The van der Waals surface area contributed by atoms with Crippen molar-refractivity contribution in [3.05, 3.63) is 64.4 Å². The third-order valence-corrected chi connectivity index (χ3v) is 3.20. The number of aromatic nitrogens is 1. The van der Waals surface area contributed by atoms with E-state index in [1.54, 1.807) is 18.3 Å². The molecule has 1 aromatic heterocycles. The summed E-state index contributed by atoms with van der Waals surface area (Å²) < 4.78 is 0.937. The lowest BCUT2D eigenvalue weighted by Gasteiger charge is -2.04. The molecule has 2 rings (SSSR count). The largest absolute Gasteiger partial charge is 0.272 e. The van der Waals surface area contributed by atoms with Crippen molar-refractivity contribution in [3.63, 3.8) is 0 Å². The molecule has 2 aromatic rings. The summed E-state index contributed by atoms with van der Waals surface area (Å²) in [7, 11) is 0. The number of rotatable bonds is 3. The second-order valence-corrected chi connectivity index (χ2v) is 4.71. The highest BCUT2D eigenvalue weighted by molar-refractivity contribution is 9.10. The van der Waals surface area contributed by atoms with Crippen molar-refractivity contribution >= 4 is 27.5 Å². The molecular formula is C14H12BrN3O. The molecule has 1 aromatic carbocycles. The summed E-state index contributed by atoms with van der Waals surface area (Å²) in [5.74, 6) is -0.278. The van der Waals surface area contributed by atoms with Gasteiger partial charge >= 0.3 is 0 Å². The van der Waals surface area contributed by atoms with E-state index in [2.05, 4.69) is 31.4 Å². The molecule has 0 atom stereocenters. The highest BCUT2D eigenvalue weighted by atomic mass is 79.9. The Labute approximate surface area is 119 Å². The first-order valence-electron chi connectivity index (χ1n) is 5.68. The molecule has 4 nitrogen and oxygen atoms in total. The van der Waals surface area contributed by atoms with Crippen LogP contribution in [0, 0.1) is 0 Å². The fraction of sp³-hybridized carbons (Fsp3) is 0.0714. The van der Waals surface area contributed by atoms with E-state index in [9.17, 15) is 4.79 Å². The van der Waals surface area contributed by atoms with Crippen LogP contribution < -0.4 is 5.43 Å². The number of pyridine rings is 1. The highest BCUT2D eigenvalue weighted by Crippen LogP contribution is 2.16. The lowest BCUT2D eigenvalue weighted by atomic mass is 10.1. The van der Waals surface area contributed by atoms with E-state index in [0.29, 0.717) is 5.56 Å². The van der Waals surface area contributed by atoms with E-state index in [1.165, 1.54) is 6.20 Å². The Balaban J connectivity index is 2.11. The van der Waals surface area contributed by atoms with Crippen molar-refractivity contribution in [2.24, 2.45) is 5.10 Å². The summed E-state index contributed by atoms with van der Waals surface area (Å²) in [6.07, 6.45) is 3.12. The van der Waals surface area contributed by atoms with Crippen LogP contribution in [0.3, 0.4) is 0 Å². The van der Waals surface area contributed by atoms with E-state index >= 15 is 0 Å². The number of amides is 1. The van der Waals surface area contributed by atoms with Gasteiger partial charge in [0.25, 0.3) is 5.91 Å². The van der Waals surface area contributed by atoms with Gasteiger partial charge in [-0.3, -0.25) is 9.78 Å². The van der Waals surface area contributed by atoms with Crippen LogP contribution >= 0.6 is 15.9 Å². The second kappa shape index (κ2) is 6.24. The fourth-order valence-electron chi connectivity index (χ4n) is 1.51. The van der Waals surface area contributed by atoms with Crippen LogP contribution in [-0.4, -0.2) is 16.6 Å². The summed E-state index contributed by atoms with van der Waals surface area (Å²) in [5.41, 5.74) is 4.66. The topological polar surface area (TPSA) is 54.4 Å². The summed E-state index contributed by atoms with van der Waals surface area (Å²) in [6, 6.07) is 11.1. The normalized spacial score (nSPS) is 11.2. The van der Waals surface area contributed by atoms with Crippen molar-refractivity contribution in [2.45, 2.75) is 6.92 Å². The number of hydrogen-bond acceptors (Lipinski definition) is 3. The minimum absolute atomic E-state index is 0.278. The minimum Gasteiger partial charge on any atom is -0.267 e. The number of carbonyl (C=O) groups excluding carboxylic acids is 1. The number of benzene rings is 1. The monoisotopic (exact) mass is 317 g/mol. The minimum atomic E-state index is -0.278. The molecular weight excluding hydrogens is 306 g/mol. The van der Waals surface area contributed by atoms with Crippen LogP contribution in [0.5, 0.6) is 0 Å². The van der Waals surface area contributed by atoms with E-state index < -0.39 is 0 Å². The summed E-state index contributed by atoms with van der Waals surface area (Å²) in [5, 5.41) is 4.09. The molecule has 0 saturated carbocycles. The zero-order valence-corrected chi connectivity index (χ0v) is 11.9. The smallest absolute Gasteiger partial charge is 0.267 e. The molecule has 0 spiro atoms. The van der Waals surface area contributed by atoms with Gasteiger partial charge in [-0.1, -0.05) is 34.1 Å². The van der Waals surface area contributed by atoms with Gasteiger partial charge in [0.15, 0.2) is 0 Å². The fourth-order valence-corrected chi connectivity index (χ4v) is 2.08. The number of carbonyl (C=O) groups is 1. The zero-order valence-electron chi connectivity index (χ0n) is 10.3. The summed E-state index contributed by atoms with van der Waals surface area (Å²) >= 11 is 3.45. The SMILES string of the molecule is C/C(=N\NC(=O)c1cccnc1)c1ccccc1Br. The first-order chi connectivity index (χ1) is 9.18. The average molecular weight is 318 g/mol. The molecule has 0 aliphatic rings. The van der Waals surface area contributed by atoms with E-state index in [1.807, 2.05) is 31.2 Å². The van der Waals surface area contributed by atoms with E-state index in [4.69, 9.17) is 0 Å². The summed E-state index contributed by atoms with van der Waals surface area (Å²) in [6.45, 7) is 1.84. The van der Waals surface area contributed by atoms with Crippen molar-refractivity contribution < 1.29 is 4.79 Å². The van der Waals surface area contributed by atoms with Gasteiger partial charge in [0.2, 0.25) is 0 Å². The molecule has 96 valence electrons.